The zero-order valence-corrected chi connectivity index (χ0v) is 20.7. The van der Waals surface area contributed by atoms with Gasteiger partial charge in [-0.15, -0.1) is 0 Å². The third kappa shape index (κ3) is 3.92. The molecule has 2 nitrogen and oxygen atoms in total. The van der Waals surface area contributed by atoms with E-state index in [1.165, 1.54) is 16.2 Å². The summed E-state index contributed by atoms with van der Waals surface area (Å²) in [5.74, 6) is 0. The number of benzene rings is 6. The molecule has 0 saturated carbocycles. The minimum atomic E-state index is 0.403. The van der Waals surface area contributed by atoms with Gasteiger partial charge in [-0.25, -0.2) is 9.97 Å². The fourth-order valence-electron chi connectivity index (χ4n) is 5.05. The maximum absolute atomic E-state index is 6.75. The van der Waals surface area contributed by atoms with Crippen LogP contribution in [0.2, 0.25) is 5.15 Å². The zero-order chi connectivity index (χ0) is 24.8. The van der Waals surface area contributed by atoms with Gasteiger partial charge in [-0.1, -0.05) is 115 Å². The molecule has 6 aromatic carbocycles. The van der Waals surface area contributed by atoms with Crippen molar-refractivity contribution in [2.45, 2.75) is 0 Å². The largest absolute Gasteiger partial charge is 0.243 e. The van der Waals surface area contributed by atoms with Crippen LogP contribution in [0.5, 0.6) is 0 Å². The van der Waals surface area contributed by atoms with E-state index in [0.29, 0.717) is 10.8 Å². The van der Waals surface area contributed by atoms with E-state index < -0.39 is 0 Å². The van der Waals surface area contributed by atoms with Gasteiger partial charge in [0.2, 0.25) is 0 Å². The van der Waals surface area contributed by atoms with Crippen LogP contribution in [0, 0.1) is 0 Å². The normalized spacial score (nSPS) is 11.4. The van der Waals surface area contributed by atoms with Gasteiger partial charge in [-0.3, -0.25) is 0 Å². The Balaban J connectivity index is 1.45. The van der Waals surface area contributed by atoms with Crippen molar-refractivity contribution in [3.05, 3.63) is 133 Å². The van der Waals surface area contributed by atoms with E-state index in [2.05, 4.69) is 109 Å². The minimum absolute atomic E-state index is 0.403. The Morgan fingerprint density at radius 3 is 1.59 bits per heavy atom. The van der Waals surface area contributed by atoms with Crippen LogP contribution in [0.4, 0.5) is 0 Å². The van der Waals surface area contributed by atoms with Crippen molar-refractivity contribution in [1.82, 2.24) is 9.97 Å². The summed E-state index contributed by atoms with van der Waals surface area (Å²) in [5.41, 5.74) is 7.73. The first kappa shape index (κ1) is 21.7. The molecule has 0 saturated heterocycles. The predicted octanol–water partition coefficient (Wildman–Crippen LogP) is 9.59. The van der Waals surface area contributed by atoms with E-state index in [1.807, 2.05) is 18.2 Å². The summed E-state index contributed by atoms with van der Waals surface area (Å²) in [6, 6.07) is 44.3. The van der Waals surface area contributed by atoms with Crippen molar-refractivity contribution in [1.29, 1.82) is 0 Å². The van der Waals surface area contributed by atoms with Gasteiger partial charge in [-0.2, -0.15) is 0 Å². The summed E-state index contributed by atoms with van der Waals surface area (Å²) in [4.78, 5) is 9.85. The molecule has 0 unspecified atom stereocenters. The maximum Gasteiger partial charge on any atom is 0.156 e. The van der Waals surface area contributed by atoms with E-state index in [4.69, 9.17) is 21.6 Å². The third-order valence-corrected chi connectivity index (χ3v) is 7.19. The lowest BCUT2D eigenvalue weighted by Gasteiger charge is -2.14. The van der Waals surface area contributed by atoms with Crippen molar-refractivity contribution in [3.63, 3.8) is 0 Å². The average Bonchev–Trinajstić information content (AvgIpc) is 2.96. The monoisotopic (exact) mass is 492 g/mol. The van der Waals surface area contributed by atoms with Gasteiger partial charge in [-0.05, 0) is 68.1 Å². The highest BCUT2D eigenvalue weighted by atomic mass is 35.5. The van der Waals surface area contributed by atoms with E-state index in [1.54, 1.807) is 0 Å². The molecule has 0 amide bonds. The Labute approximate surface area is 219 Å². The highest BCUT2D eigenvalue weighted by Crippen LogP contribution is 2.38. The molecular weight excluding hydrogens is 472 g/mol. The summed E-state index contributed by atoms with van der Waals surface area (Å²) >= 11 is 6.75. The molecule has 7 aromatic rings. The van der Waals surface area contributed by atoms with Crippen molar-refractivity contribution in [3.8, 4) is 33.5 Å². The third-order valence-electron chi connectivity index (χ3n) is 6.93. The SMILES string of the molecule is Clc1nc2cc(-c3ccc4ccccc4c3)c(-c3ccccc3)cc2nc1-c1ccc2ccccc2c1. The molecule has 37 heavy (non-hydrogen) atoms. The summed E-state index contributed by atoms with van der Waals surface area (Å²) in [7, 11) is 0. The maximum atomic E-state index is 6.75. The van der Waals surface area contributed by atoms with Gasteiger partial charge >= 0.3 is 0 Å². The lowest BCUT2D eigenvalue weighted by molar-refractivity contribution is 1.29. The van der Waals surface area contributed by atoms with Crippen LogP contribution in [0.15, 0.2) is 127 Å². The summed E-state index contributed by atoms with van der Waals surface area (Å²) in [5, 5.41) is 5.16. The molecular formula is C34H21ClN2. The summed E-state index contributed by atoms with van der Waals surface area (Å²) < 4.78 is 0. The second-order valence-electron chi connectivity index (χ2n) is 9.24. The number of fused-ring (bicyclic) bond motifs is 3. The highest BCUT2D eigenvalue weighted by Gasteiger charge is 2.15. The Kier molecular flexibility index (Phi) is 5.20. The Morgan fingerprint density at radius 2 is 0.919 bits per heavy atom. The molecule has 0 radical (unpaired) electrons. The molecule has 0 spiro atoms. The van der Waals surface area contributed by atoms with Crippen molar-refractivity contribution in [2.24, 2.45) is 0 Å². The van der Waals surface area contributed by atoms with E-state index in [9.17, 15) is 0 Å². The molecule has 0 aliphatic heterocycles. The first-order valence-electron chi connectivity index (χ1n) is 12.3. The van der Waals surface area contributed by atoms with Crippen molar-refractivity contribution < 1.29 is 0 Å². The Hall–Kier alpha value is -4.53. The van der Waals surface area contributed by atoms with Crippen LogP contribution in [0.3, 0.4) is 0 Å². The van der Waals surface area contributed by atoms with Crippen LogP contribution in [-0.2, 0) is 0 Å². The molecule has 0 atom stereocenters. The lowest BCUT2D eigenvalue weighted by atomic mass is 9.92. The molecule has 3 heteroatoms. The molecule has 0 N–H and O–H groups in total. The molecule has 1 aromatic heterocycles. The van der Waals surface area contributed by atoms with Crippen LogP contribution in [0.1, 0.15) is 0 Å². The first-order valence-corrected chi connectivity index (χ1v) is 12.7. The van der Waals surface area contributed by atoms with Crippen LogP contribution in [-0.4, -0.2) is 9.97 Å². The van der Waals surface area contributed by atoms with Gasteiger partial charge in [0.1, 0.15) is 5.69 Å². The number of rotatable bonds is 3. The Bertz CT molecular complexity index is 1940. The predicted molar refractivity (Wildman–Crippen MR) is 156 cm³/mol. The topological polar surface area (TPSA) is 25.8 Å². The number of hydrogen-bond acceptors (Lipinski definition) is 2. The molecule has 1 heterocycles. The van der Waals surface area contributed by atoms with Gasteiger partial charge in [0.25, 0.3) is 0 Å². The molecule has 7 rings (SSSR count). The fraction of sp³-hybridized carbons (Fsp3) is 0. The standard InChI is InChI=1S/C34H21ClN2/c35-34-33(28-17-15-23-9-5-7-13-26(23)19-28)36-31-20-29(24-10-2-1-3-11-24)30(21-32(31)37-34)27-16-14-22-8-4-6-12-25(22)18-27/h1-21H. The summed E-state index contributed by atoms with van der Waals surface area (Å²) in [6.07, 6.45) is 0. The van der Waals surface area contributed by atoms with Crippen molar-refractivity contribution >= 4 is 44.2 Å². The van der Waals surface area contributed by atoms with E-state index in [-0.39, 0.29) is 0 Å². The Morgan fingerprint density at radius 1 is 0.405 bits per heavy atom. The van der Waals surface area contributed by atoms with Gasteiger partial charge in [0.05, 0.1) is 11.0 Å². The van der Waals surface area contributed by atoms with Gasteiger partial charge in [0, 0.05) is 5.56 Å². The quantitative estimate of drug-likeness (QED) is 0.245. The van der Waals surface area contributed by atoms with Crippen LogP contribution >= 0.6 is 11.6 Å². The molecule has 0 bridgehead atoms. The van der Waals surface area contributed by atoms with E-state index >= 15 is 0 Å². The zero-order valence-electron chi connectivity index (χ0n) is 19.9. The number of nitrogens with zero attached hydrogens (tertiary/aromatic N) is 2. The van der Waals surface area contributed by atoms with Gasteiger partial charge in [0.15, 0.2) is 5.15 Å². The number of aromatic nitrogens is 2. The second-order valence-corrected chi connectivity index (χ2v) is 9.60. The van der Waals surface area contributed by atoms with E-state index in [0.717, 1.165) is 44.2 Å². The lowest BCUT2D eigenvalue weighted by Crippen LogP contribution is -1.94. The molecule has 0 aliphatic rings. The molecule has 174 valence electrons. The second kappa shape index (κ2) is 8.85. The number of hydrogen-bond donors (Lipinski definition) is 0. The highest BCUT2D eigenvalue weighted by molar-refractivity contribution is 6.32. The fourth-order valence-corrected chi connectivity index (χ4v) is 5.30. The number of halogens is 1. The first-order chi connectivity index (χ1) is 18.2. The smallest absolute Gasteiger partial charge is 0.156 e. The average molecular weight is 493 g/mol. The van der Waals surface area contributed by atoms with Gasteiger partial charge < -0.3 is 0 Å². The van der Waals surface area contributed by atoms with Crippen molar-refractivity contribution in [2.75, 3.05) is 0 Å². The minimum Gasteiger partial charge on any atom is -0.243 e. The van der Waals surface area contributed by atoms with Crippen LogP contribution in [0.25, 0.3) is 66.1 Å². The summed E-state index contributed by atoms with van der Waals surface area (Å²) in [6.45, 7) is 0. The molecule has 0 fully saturated rings. The molecule has 0 aliphatic carbocycles. The van der Waals surface area contributed by atoms with Crippen LogP contribution < -0.4 is 0 Å².